The number of anilines is 1. The van der Waals surface area contributed by atoms with Gasteiger partial charge in [-0.05, 0) is 37.5 Å². The largest absolute Gasteiger partial charge is 0.373 e. The van der Waals surface area contributed by atoms with Crippen LogP contribution in [0.25, 0.3) is 0 Å². The molecule has 1 fully saturated rings. The first kappa shape index (κ1) is 14.7. The van der Waals surface area contributed by atoms with Gasteiger partial charge < -0.3 is 5.32 Å². The van der Waals surface area contributed by atoms with Crippen molar-refractivity contribution in [1.82, 2.24) is 9.97 Å². The van der Waals surface area contributed by atoms with E-state index in [9.17, 15) is 0 Å². The number of thioether (sulfide) groups is 1. The molecular weight excluding hydrogens is 302 g/mol. The highest BCUT2D eigenvalue weighted by molar-refractivity contribution is 7.98. The molecule has 0 bridgehead atoms. The fraction of sp³-hybridized carbons (Fsp3) is 0.375. The number of aromatic nitrogens is 2. The second-order valence-corrected chi connectivity index (χ2v) is 6.70. The van der Waals surface area contributed by atoms with E-state index in [4.69, 9.17) is 16.6 Å². The van der Waals surface area contributed by atoms with Crippen LogP contribution >= 0.6 is 23.4 Å². The number of hydrogen-bond donors (Lipinski definition) is 1. The number of benzene rings is 1. The van der Waals surface area contributed by atoms with Crippen molar-refractivity contribution in [3.63, 3.8) is 0 Å². The molecule has 0 unspecified atom stereocenters. The molecule has 1 aliphatic carbocycles. The molecule has 5 heteroatoms. The Balaban J connectivity index is 1.80. The van der Waals surface area contributed by atoms with Crippen LogP contribution in [0.3, 0.4) is 0 Å². The maximum Gasteiger partial charge on any atom is 0.135 e. The van der Waals surface area contributed by atoms with Crippen molar-refractivity contribution in [2.24, 2.45) is 0 Å². The summed E-state index contributed by atoms with van der Waals surface area (Å²) >= 11 is 7.68. The van der Waals surface area contributed by atoms with Crippen LogP contribution in [0.15, 0.2) is 29.3 Å². The van der Waals surface area contributed by atoms with E-state index in [1.807, 2.05) is 19.2 Å². The van der Waals surface area contributed by atoms with Gasteiger partial charge in [0.05, 0.1) is 0 Å². The summed E-state index contributed by atoms with van der Waals surface area (Å²) in [6.07, 6.45) is 2.43. The third kappa shape index (κ3) is 3.50. The van der Waals surface area contributed by atoms with Crippen LogP contribution in [0.1, 0.15) is 35.7 Å². The summed E-state index contributed by atoms with van der Waals surface area (Å²) in [7, 11) is 1.92. The fourth-order valence-corrected chi connectivity index (χ4v) is 3.25. The van der Waals surface area contributed by atoms with E-state index in [2.05, 4.69) is 29.4 Å². The highest BCUT2D eigenvalue weighted by atomic mass is 35.5. The molecule has 1 heterocycles. The summed E-state index contributed by atoms with van der Waals surface area (Å²) in [5.41, 5.74) is 2.38. The molecule has 0 amide bonds. The number of rotatable bonds is 5. The Labute approximate surface area is 134 Å². The van der Waals surface area contributed by atoms with Crippen LogP contribution in [0.4, 0.5) is 5.82 Å². The maximum absolute atomic E-state index is 5.92. The fourth-order valence-electron chi connectivity index (χ4n) is 2.15. The lowest BCUT2D eigenvalue weighted by molar-refractivity contribution is 0.864. The molecule has 1 aliphatic rings. The highest BCUT2D eigenvalue weighted by Gasteiger charge is 2.28. The van der Waals surface area contributed by atoms with Crippen molar-refractivity contribution in [3.05, 3.63) is 46.2 Å². The lowest BCUT2D eigenvalue weighted by Gasteiger charge is -2.11. The molecule has 2 aromatic rings. The summed E-state index contributed by atoms with van der Waals surface area (Å²) in [5, 5.41) is 5.03. The van der Waals surface area contributed by atoms with E-state index in [0.717, 1.165) is 33.0 Å². The minimum Gasteiger partial charge on any atom is -0.373 e. The third-order valence-corrected chi connectivity index (χ3v) is 4.99. The van der Waals surface area contributed by atoms with Crippen LogP contribution in [0, 0.1) is 6.92 Å². The quantitative estimate of drug-likeness (QED) is 0.643. The van der Waals surface area contributed by atoms with Crippen molar-refractivity contribution in [1.29, 1.82) is 0 Å². The predicted molar refractivity (Wildman–Crippen MR) is 89.3 cm³/mol. The molecule has 21 heavy (non-hydrogen) atoms. The molecule has 110 valence electrons. The Morgan fingerprint density at radius 3 is 2.57 bits per heavy atom. The molecular formula is C16H18ClN3S. The average molecular weight is 320 g/mol. The van der Waals surface area contributed by atoms with Crippen molar-refractivity contribution in [2.45, 2.75) is 36.5 Å². The van der Waals surface area contributed by atoms with Gasteiger partial charge >= 0.3 is 0 Å². The van der Waals surface area contributed by atoms with Crippen molar-refractivity contribution in [3.8, 4) is 0 Å². The monoisotopic (exact) mass is 319 g/mol. The zero-order valence-corrected chi connectivity index (χ0v) is 13.8. The number of nitrogens with zero attached hydrogens (tertiary/aromatic N) is 2. The van der Waals surface area contributed by atoms with Gasteiger partial charge in [0.1, 0.15) is 16.7 Å². The molecule has 1 N–H and O–H groups in total. The van der Waals surface area contributed by atoms with Gasteiger partial charge in [-0.3, -0.25) is 0 Å². The van der Waals surface area contributed by atoms with Crippen molar-refractivity contribution >= 4 is 29.2 Å². The zero-order chi connectivity index (χ0) is 14.8. The maximum atomic E-state index is 5.92. The summed E-state index contributed by atoms with van der Waals surface area (Å²) in [6, 6.07) is 7.98. The lowest BCUT2D eigenvalue weighted by Crippen LogP contribution is -2.04. The molecule has 0 saturated heterocycles. The molecule has 0 atom stereocenters. The van der Waals surface area contributed by atoms with Crippen molar-refractivity contribution in [2.75, 3.05) is 12.4 Å². The van der Waals surface area contributed by atoms with Crippen LogP contribution in [0.2, 0.25) is 5.02 Å². The van der Waals surface area contributed by atoms with Gasteiger partial charge in [-0.15, -0.1) is 11.8 Å². The number of nitrogens with one attached hydrogen (secondary N) is 1. The van der Waals surface area contributed by atoms with E-state index >= 15 is 0 Å². The van der Waals surface area contributed by atoms with E-state index in [-0.39, 0.29) is 0 Å². The number of hydrogen-bond acceptors (Lipinski definition) is 4. The second kappa shape index (κ2) is 6.24. The topological polar surface area (TPSA) is 37.8 Å². The van der Waals surface area contributed by atoms with E-state index in [1.54, 1.807) is 11.8 Å². The minimum absolute atomic E-state index is 0.563. The SMILES string of the molecule is CNc1nc(C2CC2)nc(SCc2ccc(Cl)cc2)c1C. The van der Waals surface area contributed by atoms with E-state index < -0.39 is 0 Å². The summed E-state index contributed by atoms with van der Waals surface area (Å²) < 4.78 is 0. The van der Waals surface area contributed by atoms with Crippen LogP contribution < -0.4 is 5.32 Å². The van der Waals surface area contributed by atoms with Gasteiger partial charge in [0, 0.05) is 29.3 Å². The third-order valence-electron chi connectivity index (χ3n) is 3.59. The molecule has 1 aromatic heterocycles. The van der Waals surface area contributed by atoms with Gasteiger partial charge in [0.2, 0.25) is 0 Å². The lowest BCUT2D eigenvalue weighted by atomic mass is 10.2. The van der Waals surface area contributed by atoms with Gasteiger partial charge in [0.25, 0.3) is 0 Å². The Hall–Kier alpha value is -1.26. The first-order valence-electron chi connectivity index (χ1n) is 7.11. The molecule has 0 radical (unpaired) electrons. The van der Waals surface area contributed by atoms with Gasteiger partial charge in [-0.1, -0.05) is 23.7 Å². The van der Waals surface area contributed by atoms with Gasteiger partial charge in [0.15, 0.2) is 0 Å². The zero-order valence-electron chi connectivity index (χ0n) is 12.2. The molecule has 3 nitrogen and oxygen atoms in total. The average Bonchev–Trinajstić information content (AvgIpc) is 3.32. The predicted octanol–water partition coefficient (Wildman–Crippen LogP) is 4.65. The molecule has 0 aliphatic heterocycles. The molecule has 1 saturated carbocycles. The highest BCUT2D eigenvalue weighted by Crippen LogP contribution is 2.40. The van der Waals surface area contributed by atoms with E-state index in [0.29, 0.717) is 5.92 Å². The summed E-state index contributed by atoms with van der Waals surface area (Å²) in [4.78, 5) is 9.39. The Morgan fingerprint density at radius 2 is 1.95 bits per heavy atom. The summed E-state index contributed by atoms with van der Waals surface area (Å²) in [6.45, 7) is 2.08. The first-order chi connectivity index (χ1) is 10.2. The molecule has 1 aromatic carbocycles. The standard InChI is InChI=1S/C16H18ClN3S/c1-10-14(18-2)19-15(12-5-6-12)20-16(10)21-9-11-3-7-13(17)8-4-11/h3-4,7-8,12H,5-6,9H2,1-2H3,(H,18,19,20). The molecule has 0 spiro atoms. The first-order valence-corrected chi connectivity index (χ1v) is 8.47. The Morgan fingerprint density at radius 1 is 1.24 bits per heavy atom. The summed E-state index contributed by atoms with van der Waals surface area (Å²) in [5.74, 6) is 3.39. The second-order valence-electron chi connectivity index (χ2n) is 5.30. The van der Waals surface area contributed by atoms with Crippen molar-refractivity contribution < 1.29 is 0 Å². The molecule has 3 rings (SSSR count). The van der Waals surface area contributed by atoms with Gasteiger partial charge in [-0.25, -0.2) is 9.97 Å². The smallest absolute Gasteiger partial charge is 0.135 e. The number of halogens is 1. The normalized spacial score (nSPS) is 14.2. The Bertz CT molecular complexity index is 639. The van der Waals surface area contributed by atoms with Crippen LogP contribution in [-0.2, 0) is 5.75 Å². The van der Waals surface area contributed by atoms with Crippen LogP contribution in [0.5, 0.6) is 0 Å². The minimum atomic E-state index is 0.563. The van der Waals surface area contributed by atoms with Gasteiger partial charge in [-0.2, -0.15) is 0 Å². The van der Waals surface area contributed by atoms with E-state index in [1.165, 1.54) is 18.4 Å². The van der Waals surface area contributed by atoms with Crippen LogP contribution in [-0.4, -0.2) is 17.0 Å². The Kier molecular flexibility index (Phi) is 4.36.